The zero-order valence-corrected chi connectivity index (χ0v) is 18.8. The Bertz CT molecular complexity index is 945. The summed E-state index contributed by atoms with van der Waals surface area (Å²) >= 11 is 0. The number of carbonyl (C=O) groups is 1. The highest BCUT2D eigenvalue weighted by Gasteiger charge is 2.34. The van der Waals surface area contributed by atoms with Crippen LogP contribution < -0.4 is 0 Å². The summed E-state index contributed by atoms with van der Waals surface area (Å²) < 4.78 is 0. The first-order chi connectivity index (χ1) is 13.7. The van der Waals surface area contributed by atoms with Crippen molar-refractivity contribution < 1.29 is 4.79 Å². The molecule has 0 saturated heterocycles. The van der Waals surface area contributed by atoms with E-state index in [1.807, 2.05) is 7.05 Å². The molecule has 0 aromatic heterocycles. The van der Waals surface area contributed by atoms with Gasteiger partial charge in [0.2, 0.25) is 0 Å². The molecule has 0 bridgehead atoms. The normalized spacial score (nSPS) is 16.7. The Morgan fingerprint density at radius 2 is 1.69 bits per heavy atom. The summed E-state index contributed by atoms with van der Waals surface area (Å²) in [6.07, 6.45) is 0.742. The molecule has 0 N–H and O–H groups in total. The zero-order valence-electron chi connectivity index (χ0n) is 18.8. The third-order valence-corrected chi connectivity index (χ3v) is 5.93. The van der Waals surface area contributed by atoms with Gasteiger partial charge < -0.3 is 0 Å². The molecule has 0 aliphatic carbocycles. The maximum absolute atomic E-state index is 13.2. The van der Waals surface area contributed by atoms with Gasteiger partial charge in [-0.05, 0) is 71.3 Å². The second-order valence-corrected chi connectivity index (χ2v) is 8.69. The van der Waals surface area contributed by atoms with Crippen LogP contribution in [0.15, 0.2) is 41.5 Å². The monoisotopic (exact) mass is 391 g/mol. The van der Waals surface area contributed by atoms with Gasteiger partial charge in [0.1, 0.15) is 0 Å². The van der Waals surface area contributed by atoms with Crippen molar-refractivity contribution in [1.29, 1.82) is 0 Å². The topological polar surface area (TPSA) is 35.9 Å². The van der Waals surface area contributed by atoms with Crippen LogP contribution in [0.25, 0.3) is 0 Å². The molecule has 0 saturated carbocycles. The molecule has 2 aromatic carbocycles. The maximum atomic E-state index is 13.2. The largest absolute Gasteiger partial charge is 0.295 e. The predicted octanol–water partition coefficient (Wildman–Crippen LogP) is 4.94. The van der Waals surface area contributed by atoms with E-state index < -0.39 is 0 Å². The van der Waals surface area contributed by atoms with Crippen molar-refractivity contribution in [2.45, 2.75) is 60.0 Å². The SMILES string of the molecule is Cc1ccc(C)c(C2=NN(C(=O)CN(C)C(C)C)C(c3cc(C)ccc3C)C2)c1. The lowest BCUT2D eigenvalue weighted by Crippen LogP contribution is -2.39. The number of amides is 1. The molecule has 1 heterocycles. The van der Waals surface area contributed by atoms with Crippen LogP contribution in [0.1, 0.15) is 59.7 Å². The zero-order chi connectivity index (χ0) is 21.3. The molecule has 1 atom stereocenters. The van der Waals surface area contributed by atoms with E-state index in [1.165, 1.54) is 27.8 Å². The minimum Gasteiger partial charge on any atom is -0.295 e. The number of benzene rings is 2. The van der Waals surface area contributed by atoms with E-state index in [0.29, 0.717) is 12.6 Å². The minimum absolute atomic E-state index is 0.0485. The predicted molar refractivity (Wildman–Crippen MR) is 120 cm³/mol. The fourth-order valence-electron chi connectivity index (χ4n) is 3.78. The average molecular weight is 392 g/mol. The molecule has 29 heavy (non-hydrogen) atoms. The fraction of sp³-hybridized carbons (Fsp3) is 0.440. The molecule has 0 radical (unpaired) electrons. The molecule has 1 unspecified atom stereocenters. The van der Waals surface area contributed by atoms with Crippen molar-refractivity contribution in [3.8, 4) is 0 Å². The lowest BCUT2D eigenvalue weighted by molar-refractivity contribution is -0.134. The molecular formula is C25H33N3O. The van der Waals surface area contributed by atoms with Crippen molar-refractivity contribution in [3.63, 3.8) is 0 Å². The fourth-order valence-corrected chi connectivity index (χ4v) is 3.78. The van der Waals surface area contributed by atoms with Gasteiger partial charge in [0.05, 0.1) is 18.3 Å². The highest BCUT2D eigenvalue weighted by atomic mass is 16.2. The minimum atomic E-state index is -0.0575. The number of nitrogens with zero attached hydrogens (tertiary/aromatic N) is 3. The number of aryl methyl sites for hydroxylation is 4. The van der Waals surface area contributed by atoms with E-state index in [2.05, 4.69) is 82.8 Å². The first-order valence-corrected chi connectivity index (χ1v) is 10.4. The second-order valence-electron chi connectivity index (χ2n) is 8.69. The third-order valence-electron chi connectivity index (χ3n) is 5.93. The van der Waals surface area contributed by atoms with Crippen LogP contribution in [0.3, 0.4) is 0 Å². The number of rotatable bonds is 5. The van der Waals surface area contributed by atoms with Gasteiger partial charge in [-0.1, -0.05) is 41.5 Å². The van der Waals surface area contributed by atoms with Crippen LogP contribution in [-0.2, 0) is 4.79 Å². The van der Waals surface area contributed by atoms with Crippen molar-refractivity contribution in [2.75, 3.05) is 13.6 Å². The van der Waals surface area contributed by atoms with E-state index >= 15 is 0 Å². The van der Waals surface area contributed by atoms with Crippen molar-refractivity contribution in [1.82, 2.24) is 9.91 Å². The molecule has 1 aliphatic heterocycles. The molecule has 1 amide bonds. The second kappa shape index (κ2) is 8.50. The molecule has 3 rings (SSSR count). The van der Waals surface area contributed by atoms with Crippen LogP contribution in [-0.4, -0.2) is 41.2 Å². The summed E-state index contributed by atoms with van der Waals surface area (Å²) in [5, 5.41) is 6.61. The van der Waals surface area contributed by atoms with Gasteiger partial charge in [-0.25, -0.2) is 5.01 Å². The van der Waals surface area contributed by atoms with Crippen molar-refractivity contribution >= 4 is 11.6 Å². The smallest absolute Gasteiger partial charge is 0.257 e. The Labute approximate surface area is 175 Å². The standard InChI is InChI=1S/C25H33N3O/c1-16(2)27(7)15-25(29)28-24(22-13-18(4)9-11-20(22)6)14-23(26-28)21-12-17(3)8-10-19(21)5/h8-13,16,24H,14-15H2,1-7H3. The summed E-state index contributed by atoms with van der Waals surface area (Å²) in [4.78, 5) is 15.3. The number of likely N-dealkylation sites (N-methyl/N-ethyl adjacent to an activating group) is 1. The Morgan fingerprint density at radius 1 is 1.07 bits per heavy atom. The average Bonchev–Trinajstić information content (AvgIpc) is 3.10. The molecule has 4 nitrogen and oxygen atoms in total. The molecule has 154 valence electrons. The van der Waals surface area contributed by atoms with Gasteiger partial charge in [-0.15, -0.1) is 0 Å². The maximum Gasteiger partial charge on any atom is 0.257 e. The van der Waals surface area contributed by atoms with E-state index in [-0.39, 0.29) is 11.9 Å². The van der Waals surface area contributed by atoms with Crippen molar-refractivity contribution in [3.05, 3.63) is 69.8 Å². The van der Waals surface area contributed by atoms with Crippen LogP contribution >= 0.6 is 0 Å². The molecule has 0 spiro atoms. The van der Waals surface area contributed by atoms with Crippen LogP contribution in [0.2, 0.25) is 0 Å². The number of carbonyl (C=O) groups excluding carboxylic acids is 1. The van der Waals surface area contributed by atoms with E-state index in [0.717, 1.165) is 17.7 Å². The van der Waals surface area contributed by atoms with Gasteiger partial charge in [0, 0.05) is 18.0 Å². The van der Waals surface area contributed by atoms with Crippen LogP contribution in [0.5, 0.6) is 0 Å². The first kappa shape index (κ1) is 21.3. The Hall–Kier alpha value is -2.46. The van der Waals surface area contributed by atoms with E-state index in [9.17, 15) is 4.79 Å². The highest BCUT2D eigenvalue weighted by Crippen LogP contribution is 2.35. The molecule has 2 aromatic rings. The molecule has 0 fully saturated rings. The first-order valence-electron chi connectivity index (χ1n) is 10.4. The number of hydrogen-bond donors (Lipinski definition) is 0. The molecule has 4 heteroatoms. The lowest BCUT2D eigenvalue weighted by Gasteiger charge is -2.27. The van der Waals surface area contributed by atoms with Gasteiger partial charge >= 0.3 is 0 Å². The van der Waals surface area contributed by atoms with Gasteiger partial charge in [0.25, 0.3) is 5.91 Å². The third kappa shape index (κ3) is 4.59. The summed E-state index contributed by atoms with van der Waals surface area (Å²) in [5.41, 5.74) is 8.15. The number of hydrogen-bond acceptors (Lipinski definition) is 3. The molecular weight excluding hydrogens is 358 g/mol. The Kier molecular flexibility index (Phi) is 6.23. The van der Waals surface area contributed by atoms with E-state index in [1.54, 1.807) is 5.01 Å². The lowest BCUT2D eigenvalue weighted by atomic mass is 9.92. The molecule has 1 aliphatic rings. The highest BCUT2D eigenvalue weighted by molar-refractivity contribution is 6.04. The van der Waals surface area contributed by atoms with Gasteiger partial charge in [-0.3, -0.25) is 9.69 Å². The quantitative estimate of drug-likeness (QED) is 0.724. The number of hydrazone groups is 1. The van der Waals surface area contributed by atoms with Gasteiger partial charge in [-0.2, -0.15) is 5.10 Å². The Balaban J connectivity index is 2.02. The van der Waals surface area contributed by atoms with Gasteiger partial charge in [0.15, 0.2) is 0 Å². The Morgan fingerprint density at radius 3 is 2.34 bits per heavy atom. The summed E-state index contributed by atoms with van der Waals surface area (Å²) in [6, 6.07) is 13.2. The summed E-state index contributed by atoms with van der Waals surface area (Å²) in [5.74, 6) is 0.0485. The summed E-state index contributed by atoms with van der Waals surface area (Å²) in [6.45, 7) is 13.0. The van der Waals surface area contributed by atoms with Crippen LogP contribution in [0.4, 0.5) is 0 Å². The van der Waals surface area contributed by atoms with E-state index in [4.69, 9.17) is 5.10 Å². The van der Waals surface area contributed by atoms with Crippen molar-refractivity contribution in [2.24, 2.45) is 5.10 Å². The summed E-state index contributed by atoms with van der Waals surface area (Å²) in [7, 11) is 1.99. The van der Waals surface area contributed by atoms with Crippen LogP contribution in [0, 0.1) is 27.7 Å².